The molecule has 0 heterocycles. The third-order valence-corrected chi connectivity index (χ3v) is 2.66. The van der Waals surface area contributed by atoms with Crippen LogP contribution in [0.3, 0.4) is 0 Å². The van der Waals surface area contributed by atoms with Crippen LogP contribution >= 0.6 is 15.9 Å². The van der Waals surface area contributed by atoms with E-state index < -0.39 is 17.0 Å². The molecule has 98 valence electrons. The lowest BCUT2D eigenvalue weighted by Crippen LogP contribution is -2.17. The van der Waals surface area contributed by atoms with Crippen molar-refractivity contribution >= 4 is 27.6 Å². The first-order valence-electron chi connectivity index (χ1n) is 5.14. The number of nitrogens with zero attached hydrogens (tertiary/aromatic N) is 1. The first kappa shape index (κ1) is 14.4. The van der Waals surface area contributed by atoms with Crippen LogP contribution in [0.15, 0.2) is 16.6 Å². The highest BCUT2D eigenvalue weighted by atomic mass is 79.9. The molecule has 0 aliphatic rings. The lowest BCUT2D eigenvalue weighted by molar-refractivity contribution is -0.386. The molecule has 1 aromatic rings. The van der Waals surface area contributed by atoms with Gasteiger partial charge in [0.2, 0.25) is 0 Å². The van der Waals surface area contributed by atoms with Crippen molar-refractivity contribution in [3.8, 4) is 5.75 Å². The van der Waals surface area contributed by atoms with E-state index in [1.165, 1.54) is 6.07 Å². The van der Waals surface area contributed by atoms with Gasteiger partial charge in [-0.3, -0.25) is 14.9 Å². The average Bonchev–Trinajstić information content (AvgIpc) is 2.20. The number of carboxylic acids is 1. The van der Waals surface area contributed by atoms with Crippen LogP contribution in [0.5, 0.6) is 5.75 Å². The number of benzene rings is 1. The van der Waals surface area contributed by atoms with E-state index in [4.69, 9.17) is 9.84 Å². The lowest BCUT2D eigenvalue weighted by Gasteiger charge is -2.15. The zero-order valence-corrected chi connectivity index (χ0v) is 11.4. The highest BCUT2D eigenvalue weighted by Gasteiger charge is 2.21. The molecule has 0 bridgehead atoms. The molecule has 0 fully saturated rings. The van der Waals surface area contributed by atoms with E-state index in [1.54, 1.807) is 19.9 Å². The van der Waals surface area contributed by atoms with Gasteiger partial charge in [-0.2, -0.15) is 0 Å². The Morgan fingerprint density at radius 3 is 2.72 bits per heavy atom. The van der Waals surface area contributed by atoms with E-state index in [-0.39, 0.29) is 17.9 Å². The van der Waals surface area contributed by atoms with E-state index in [0.717, 1.165) is 0 Å². The number of hydrogen-bond acceptors (Lipinski definition) is 4. The molecule has 1 N–H and O–H groups in total. The Balaban J connectivity index is 3.07. The number of carbonyl (C=O) groups is 1. The minimum absolute atomic E-state index is 0.108. The van der Waals surface area contributed by atoms with Crippen molar-refractivity contribution in [1.29, 1.82) is 0 Å². The minimum Gasteiger partial charge on any atom is -0.483 e. The Labute approximate surface area is 112 Å². The summed E-state index contributed by atoms with van der Waals surface area (Å²) in [6, 6.07) is 3.01. The molecule has 7 heteroatoms. The van der Waals surface area contributed by atoms with Gasteiger partial charge in [0.15, 0.2) is 5.75 Å². The van der Waals surface area contributed by atoms with E-state index in [2.05, 4.69) is 15.9 Å². The summed E-state index contributed by atoms with van der Waals surface area (Å²) in [5, 5.41) is 19.6. The summed E-state index contributed by atoms with van der Waals surface area (Å²) in [7, 11) is 0. The van der Waals surface area contributed by atoms with Crippen LogP contribution in [0.1, 0.15) is 18.9 Å². The fraction of sp³-hybridized carbons (Fsp3) is 0.364. The highest BCUT2D eigenvalue weighted by molar-refractivity contribution is 9.10. The quantitative estimate of drug-likeness (QED) is 0.666. The summed E-state index contributed by atoms with van der Waals surface area (Å²) in [5.74, 6) is -0.906. The van der Waals surface area contributed by atoms with Gasteiger partial charge >= 0.3 is 11.7 Å². The van der Waals surface area contributed by atoms with E-state index in [9.17, 15) is 14.9 Å². The third-order valence-electron chi connectivity index (χ3n) is 2.20. The maximum Gasteiger partial charge on any atom is 0.312 e. The van der Waals surface area contributed by atoms with Crippen molar-refractivity contribution in [2.24, 2.45) is 0 Å². The lowest BCUT2D eigenvalue weighted by atomic mass is 10.2. The summed E-state index contributed by atoms with van der Waals surface area (Å²) in [4.78, 5) is 20.9. The molecule has 1 aromatic carbocycles. The van der Waals surface area contributed by atoms with Gasteiger partial charge < -0.3 is 9.84 Å². The van der Waals surface area contributed by atoms with Crippen molar-refractivity contribution in [1.82, 2.24) is 0 Å². The maximum absolute atomic E-state index is 10.9. The predicted molar refractivity (Wildman–Crippen MR) is 67.9 cm³/mol. The Kier molecular flexibility index (Phi) is 4.66. The van der Waals surface area contributed by atoms with Crippen LogP contribution < -0.4 is 4.74 Å². The number of nitro benzene ring substituents is 1. The number of rotatable bonds is 5. The van der Waals surface area contributed by atoms with Crippen molar-refractivity contribution in [3.63, 3.8) is 0 Å². The van der Waals surface area contributed by atoms with Crippen LogP contribution in [0.25, 0.3) is 0 Å². The molecular formula is C11H12BrNO5. The molecule has 0 saturated heterocycles. The topological polar surface area (TPSA) is 89.7 Å². The van der Waals surface area contributed by atoms with Crippen molar-refractivity contribution in [2.75, 3.05) is 0 Å². The Morgan fingerprint density at radius 2 is 2.22 bits per heavy atom. The first-order valence-corrected chi connectivity index (χ1v) is 5.93. The van der Waals surface area contributed by atoms with Crippen molar-refractivity contribution < 1.29 is 19.6 Å². The summed E-state index contributed by atoms with van der Waals surface area (Å²) in [6.07, 6.45) is -0.854. The molecule has 0 aliphatic carbocycles. The molecule has 6 nitrogen and oxygen atoms in total. The van der Waals surface area contributed by atoms with Gasteiger partial charge in [0, 0.05) is 10.5 Å². The highest BCUT2D eigenvalue weighted by Crippen LogP contribution is 2.34. The molecule has 0 aromatic heterocycles. The Bertz CT molecular complexity index is 489. The first-order chi connectivity index (χ1) is 8.31. The van der Waals surface area contributed by atoms with Crippen LogP contribution in [-0.2, 0) is 4.79 Å². The monoisotopic (exact) mass is 317 g/mol. The number of carboxylic acid groups (broad SMARTS) is 1. The van der Waals surface area contributed by atoms with Crippen LogP contribution in [0.4, 0.5) is 5.69 Å². The Morgan fingerprint density at radius 1 is 1.61 bits per heavy atom. The standard InChI is InChI=1S/C11H12BrNO5/c1-6-3-8(12)5-9(13(16)17)11(6)18-7(2)4-10(14)15/h3,5,7H,4H2,1-2H3,(H,14,15)/t7-/m1/s1. The van der Waals surface area contributed by atoms with E-state index in [0.29, 0.717) is 10.0 Å². The molecule has 0 radical (unpaired) electrons. The summed E-state index contributed by atoms with van der Waals surface area (Å²) < 4.78 is 5.93. The van der Waals surface area contributed by atoms with Crippen molar-refractivity contribution in [3.05, 3.63) is 32.3 Å². The number of aryl methyl sites for hydroxylation is 1. The fourth-order valence-corrected chi connectivity index (χ4v) is 2.05. The zero-order chi connectivity index (χ0) is 13.9. The molecule has 0 amide bonds. The molecule has 0 unspecified atom stereocenters. The van der Waals surface area contributed by atoms with Crippen molar-refractivity contribution in [2.45, 2.75) is 26.4 Å². The molecule has 1 atom stereocenters. The van der Waals surface area contributed by atoms with E-state index >= 15 is 0 Å². The molecule has 0 aliphatic heterocycles. The minimum atomic E-state index is -1.01. The van der Waals surface area contributed by atoms with E-state index in [1.807, 2.05) is 0 Å². The number of hydrogen-bond donors (Lipinski definition) is 1. The van der Waals surface area contributed by atoms with Gasteiger partial charge in [0.05, 0.1) is 11.3 Å². The summed E-state index contributed by atoms with van der Waals surface area (Å²) in [5.41, 5.74) is 0.396. The summed E-state index contributed by atoms with van der Waals surface area (Å²) >= 11 is 3.17. The number of aliphatic carboxylic acids is 1. The van der Waals surface area contributed by atoms with Crippen LogP contribution in [0.2, 0.25) is 0 Å². The molecule has 18 heavy (non-hydrogen) atoms. The number of nitro groups is 1. The predicted octanol–water partition coefficient (Wildman–Crippen LogP) is 2.91. The molecule has 1 rings (SSSR count). The van der Waals surface area contributed by atoms with Crippen LogP contribution in [-0.4, -0.2) is 22.1 Å². The third kappa shape index (κ3) is 3.69. The summed E-state index contributed by atoms with van der Waals surface area (Å²) in [6.45, 7) is 3.22. The zero-order valence-electron chi connectivity index (χ0n) is 9.84. The number of ether oxygens (including phenoxy) is 1. The maximum atomic E-state index is 10.9. The second-order valence-corrected chi connectivity index (χ2v) is 4.77. The van der Waals surface area contributed by atoms with Gasteiger partial charge in [-0.1, -0.05) is 15.9 Å². The van der Waals surface area contributed by atoms with Gasteiger partial charge in [-0.15, -0.1) is 0 Å². The fourth-order valence-electron chi connectivity index (χ4n) is 1.49. The molecule has 0 saturated carbocycles. The second kappa shape index (κ2) is 5.81. The smallest absolute Gasteiger partial charge is 0.312 e. The normalized spacial score (nSPS) is 11.9. The molecular weight excluding hydrogens is 306 g/mol. The second-order valence-electron chi connectivity index (χ2n) is 3.85. The van der Waals surface area contributed by atoms with Gasteiger partial charge in [0.25, 0.3) is 0 Å². The van der Waals surface area contributed by atoms with Gasteiger partial charge in [-0.25, -0.2) is 0 Å². The SMILES string of the molecule is Cc1cc(Br)cc([N+](=O)[O-])c1O[C@H](C)CC(=O)O. The Hall–Kier alpha value is -1.63. The van der Waals surface area contributed by atoms with Gasteiger partial charge in [-0.05, 0) is 25.5 Å². The van der Waals surface area contributed by atoms with Gasteiger partial charge in [0.1, 0.15) is 6.10 Å². The largest absolute Gasteiger partial charge is 0.483 e. The van der Waals surface area contributed by atoms with Crippen LogP contribution in [0, 0.1) is 17.0 Å². The average molecular weight is 318 g/mol. The number of halogens is 1. The molecule has 0 spiro atoms.